The number of nitrogens with one attached hydrogen (secondary N) is 2. The molecule has 8 heteroatoms. The topological polar surface area (TPSA) is 79.3 Å². The zero-order valence-electron chi connectivity index (χ0n) is 23.7. The number of aromatic nitrogens is 2. The van der Waals surface area contributed by atoms with Crippen LogP contribution in [0.2, 0.25) is 0 Å². The average Bonchev–Trinajstić information content (AvgIpc) is 3.36. The van der Waals surface area contributed by atoms with Crippen molar-refractivity contribution in [1.29, 1.82) is 0 Å². The van der Waals surface area contributed by atoms with Crippen LogP contribution in [0.4, 0.5) is 4.39 Å². The van der Waals surface area contributed by atoms with E-state index in [1.165, 1.54) is 30.5 Å². The van der Waals surface area contributed by atoms with Gasteiger partial charge in [0.25, 0.3) is 5.91 Å². The summed E-state index contributed by atoms with van der Waals surface area (Å²) in [5.41, 5.74) is 3.04. The molecular formula is C32H40FN5O2. The summed E-state index contributed by atoms with van der Waals surface area (Å²) in [4.78, 5) is 32.7. The first kappa shape index (κ1) is 26.9. The Bertz CT molecular complexity index is 1410. The molecule has 3 atom stereocenters. The summed E-state index contributed by atoms with van der Waals surface area (Å²) in [5, 5.41) is 8.07. The van der Waals surface area contributed by atoms with Crippen molar-refractivity contribution in [2.45, 2.75) is 95.3 Å². The van der Waals surface area contributed by atoms with E-state index in [0.29, 0.717) is 23.2 Å². The summed E-state index contributed by atoms with van der Waals surface area (Å²) in [6.07, 6.45) is 14.3. The van der Waals surface area contributed by atoms with Gasteiger partial charge in [0.1, 0.15) is 5.82 Å². The van der Waals surface area contributed by atoms with E-state index in [2.05, 4.69) is 21.8 Å². The van der Waals surface area contributed by atoms with Gasteiger partial charge in [-0.05, 0) is 100 Å². The highest BCUT2D eigenvalue weighted by atomic mass is 19.1. The molecule has 2 aliphatic heterocycles. The number of hydrogen-bond donors (Lipinski definition) is 2. The van der Waals surface area contributed by atoms with Crippen molar-refractivity contribution in [1.82, 2.24) is 25.1 Å². The van der Waals surface area contributed by atoms with Crippen LogP contribution in [-0.2, 0) is 4.79 Å². The zero-order valence-corrected chi connectivity index (χ0v) is 23.7. The van der Waals surface area contributed by atoms with Gasteiger partial charge in [0, 0.05) is 43.0 Å². The molecule has 1 aromatic carbocycles. The molecule has 0 spiro atoms. The first-order valence-electron chi connectivity index (χ1n) is 14.9. The molecule has 4 heterocycles. The molecule has 2 amide bonds. The Balaban J connectivity index is 1.29. The summed E-state index contributed by atoms with van der Waals surface area (Å²) in [6.45, 7) is 3.88. The van der Waals surface area contributed by atoms with Gasteiger partial charge in [0.15, 0.2) is 0 Å². The number of piperidine rings is 2. The maximum atomic E-state index is 14.4. The monoisotopic (exact) mass is 545 g/mol. The Morgan fingerprint density at radius 2 is 1.93 bits per heavy atom. The Hall–Kier alpha value is -3.26. The minimum atomic E-state index is -0.439. The minimum absolute atomic E-state index is 0.0179. The van der Waals surface area contributed by atoms with Crippen LogP contribution in [0.3, 0.4) is 0 Å². The quantitative estimate of drug-likeness (QED) is 0.440. The highest BCUT2D eigenvalue weighted by molar-refractivity contribution is 5.99. The van der Waals surface area contributed by atoms with Crippen molar-refractivity contribution in [3.63, 3.8) is 0 Å². The molecule has 2 unspecified atom stereocenters. The van der Waals surface area contributed by atoms with Crippen molar-refractivity contribution in [3.8, 4) is 5.69 Å². The fourth-order valence-electron chi connectivity index (χ4n) is 7.13. The molecule has 7 rings (SSSR count). The number of carbonyl (C=O) groups is 2. The molecule has 212 valence electrons. The summed E-state index contributed by atoms with van der Waals surface area (Å²) in [7, 11) is 1.74. The number of benzene rings is 1. The van der Waals surface area contributed by atoms with Crippen molar-refractivity contribution in [3.05, 3.63) is 59.8 Å². The number of rotatable bonds is 6. The summed E-state index contributed by atoms with van der Waals surface area (Å²) in [6, 6.07) is 6.99. The molecular weight excluding hydrogens is 505 g/mol. The van der Waals surface area contributed by atoms with E-state index in [0.717, 1.165) is 49.4 Å². The van der Waals surface area contributed by atoms with Crippen LogP contribution in [0.25, 0.3) is 16.6 Å². The van der Waals surface area contributed by atoms with Gasteiger partial charge in [-0.2, -0.15) is 0 Å². The van der Waals surface area contributed by atoms with Gasteiger partial charge in [0.2, 0.25) is 5.91 Å². The van der Waals surface area contributed by atoms with Crippen molar-refractivity contribution >= 4 is 22.7 Å². The van der Waals surface area contributed by atoms with Gasteiger partial charge >= 0.3 is 0 Å². The van der Waals surface area contributed by atoms with Crippen molar-refractivity contribution in [2.75, 3.05) is 7.05 Å². The van der Waals surface area contributed by atoms with E-state index in [-0.39, 0.29) is 35.9 Å². The predicted molar refractivity (Wildman–Crippen MR) is 154 cm³/mol. The molecule has 2 N–H and O–H groups in total. The van der Waals surface area contributed by atoms with E-state index in [9.17, 15) is 14.0 Å². The van der Waals surface area contributed by atoms with Crippen LogP contribution in [-0.4, -0.2) is 57.5 Å². The average molecular weight is 546 g/mol. The third-order valence-corrected chi connectivity index (χ3v) is 9.58. The highest BCUT2D eigenvalue weighted by Crippen LogP contribution is 2.39. The summed E-state index contributed by atoms with van der Waals surface area (Å²) in [5.74, 6) is 0.222. The number of nitrogens with zero attached hydrogens (tertiary/aromatic N) is 3. The third-order valence-electron chi connectivity index (χ3n) is 9.58. The van der Waals surface area contributed by atoms with Crippen LogP contribution < -0.4 is 10.6 Å². The standard InChI is InChI=1S/C32H40FN5O2/c1-19(2)37(3)32(40)26-16-22(33)9-12-28(26)38-18-27(25-13-14-34-17-29(25)38)21-5-4-6-24(15-21)36-31(39)30-20-7-10-23(35-30)11-8-20/h9,12-14,16-21,23-24,30,35H,4-8,10-11,15H2,1-3H3,(H,36,39)/t20?,21?,23?,24-,30?/m0/s1. The zero-order chi connectivity index (χ0) is 28.0. The van der Waals surface area contributed by atoms with E-state index in [1.54, 1.807) is 24.2 Å². The molecule has 4 aliphatic rings. The maximum Gasteiger partial charge on any atom is 0.256 e. The number of halogens is 1. The first-order chi connectivity index (χ1) is 19.3. The molecule has 2 saturated carbocycles. The van der Waals surface area contributed by atoms with E-state index in [1.807, 2.05) is 30.7 Å². The van der Waals surface area contributed by atoms with E-state index < -0.39 is 5.82 Å². The molecule has 3 aromatic rings. The molecule has 7 nitrogen and oxygen atoms in total. The van der Waals surface area contributed by atoms with Crippen LogP contribution >= 0.6 is 0 Å². The Morgan fingerprint density at radius 3 is 2.65 bits per heavy atom. The van der Waals surface area contributed by atoms with Gasteiger partial charge < -0.3 is 20.1 Å². The molecule has 40 heavy (non-hydrogen) atoms. The van der Waals surface area contributed by atoms with Crippen LogP contribution in [0.15, 0.2) is 42.9 Å². The fourth-order valence-corrected chi connectivity index (χ4v) is 7.13. The Labute approximate surface area is 235 Å². The maximum absolute atomic E-state index is 14.4. The lowest BCUT2D eigenvalue weighted by molar-refractivity contribution is -0.127. The van der Waals surface area contributed by atoms with Crippen molar-refractivity contribution in [2.24, 2.45) is 5.92 Å². The van der Waals surface area contributed by atoms with Crippen molar-refractivity contribution < 1.29 is 14.0 Å². The Morgan fingerprint density at radius 1 is 1.12 bits per heavy atom. The molecule has 4 fully saturated rings. The number of fused-ring (bicyclic) bond motifs is 4. The first-order valence-corrected chi connectivity index (χ1v) is 14.9. The lowest BCUT2D eigenvalue weighted by Crippen LogP contribution is -2.60. The van der Waals surface area contributed by atoms with Crippen LogP contribution in [0.5, 0.6) is 0 Å². The number of amides is 2. The second kappa shape index (κ2) is 11.0. The van der Waals surface area contributed by atoms with E-state index >= 15 is 0 Å². The second-order valence-corrected chi connectivity index (χ2v) is 12.3. The van der Waals surface area contributed by atoms with Gasteiger partial charge in [0.05, 0.1) is 29.0 Å². The highest BCUT2D eigenvalue weighted by Gasteiger charge is 2.40. The Kier molecular flexibility index (Phi) is 7.38. The normalized spacial score (nSPS) is 26.3. The smallest absolute Gasteiger partial charge is 0.256 e. The number of hydrogen-bond acceptors (Lipinski definition) is 4. The fraction of sp³-hybridized carbons (Fsp3) is 0.531. The third kappa shape index (κ3) is 5.02. The summed E-state index contributed by atoms with van der Waals surface area (Å²) < 4.78 is 16.4. The predicted octanol–water partition coefficient (Wildman–Crippen LogP) is 5.32. The lowest BCUT2D eigenvalue weighted by atomic mass is 9.75. The van der Waals surface area contributed by atoms with Crippen LogP contribution in [0, 0.1) is 11.7 Å². The summed E-state index contributed by atoms with van der Waals surface area (Å²) >= 11 is 0. The van der Waals surface area contributed by atoms with Gasteiger partial charge in [-0.1, -0.05) is 6.42 Å². The largest absolute Gasteiger partial charge is 0.352 e. The number of pyridine rings is 1. The molecule has 2 aliphatic carbocycles. The van der Waals surface area contributed by atoms with Gasteiger partial charge in [-0.15, -0.1) is 0 Å². The lowest BCUT2D eigenvalue weighted by Gasteiger charge is -2.43. The number of carbonyl (C=O) groups excluding carboxylic acids is 2. The van der Waals surface area contributed by atoms with E-state index in [4.69, 9.17) is 0 Å². The molecule has 0 radical (unpaired) electrons. The van der Waals surface area contributed by atoms with Gasteiger partial charge in [-0.3, -0.25) is 14.6 Å². The SMILES string of the molecule is CC(C)N(C)C(=O)c1cc(F)ccc1-n1cc(C2CCC[C@H](NC(=O)C3NC4CCC3CC4)C2)c2ccncc21. The molecule has 2 saturated heterocycles. The second-order valence-electron chi connectivity index (χ2n) is 12.3. The van der Waals surface area contributed by atoms with Gasteiger partial charge in [-0.25, -0.2) is 4.39 Å². The van der Waals surface area contributed by atoms with Crippen LogP contribution in [0.1, 0.15) is 87.1 Å². The minimum Gasteiger partial charge on any atom is -0.352 e. The molecule has 2 aromatic heterocycles. The molecule has 2 bridgehead atoms.